The summed E-state index contributed by atoms with van der Waals surface area (Å²) in [4.78, 5) is 18.2. The topological polar surface area (TPSA) is 78.2 Å². The van der Waals surface area contributed by atoms with Gasteiger partial charge in [0.05, 0.1) is 15.7 Å². The molecule has 0 aliphatic carbocycles. The van der Waals surface area contributed by atoms with E-state index >= 15 is 0 Å². The third-order valence-corrected chi connectivity index (χ3v) is 3.87. The normalized spacial score (nSPS) is 12.3. The van der Waals surface area contributed by atoms with Crippen molar-refractivity contribution in [1.82, 2.24) is 9.97 Å². The molecule has 0 saturated carbocycles. The molecular formula is C14H10FN3O3S. The maximum absolute atomic E-state index is 13.7. The molecule has 1 unspecified atom stereocenters. The quantitative estimate of drug-likeness (QED) is 0.538. The summed E-state index contributed by atoms with van der Waals surface area (Å²) in [7, 11) is 0. The van der Waals surface area contributed by atoms with E-state index in [0.29, 0.717) is 15.8 Å². The molecule has 8 heteroatoms. The van der Waals surface area contributed by atoms with Gasteiger partial charge in [0.15, 0.2) is 0 Å². The Morgan fingerprint density at radius 1 is 1.41 bits per heavy atom. The van der Waals surface area contributed by atoms with Gasteiger partial charge in [-0.3, -0.25) is 0 Å². The molecule has 0 aliphatic heterocycles. The highest BCUT2D eigenvalue weighted by Crippen LogP contribution is 2.32. The maximum Gasteiger partial charge on any atom is 0.406 e. The molecular weight excluding hydrogens is 309 g/mol. The second kappa shape index (κ2) is 5.64. The number of benzene rings is 1. The van der Waals surface area contributed by atoms with Gasteiger partial charge in [0.2, 0.25) is 5.75 Å². The molecule has 2 aromatic heterocycles. The molecule has 0 aliphatic rings. The first-order valence-corrected chi connectivity index (χ1v) is 7.23. The smallest absolute Gasteiger partial charge is 0.406 e. The lowest BCUT2D eigenvalue weighted by molar-refractivity contribution is -0.390. The second-order valence-electron chi connectivity index (χ2n) is 4.54. The van der Waals surface area contributed by atoms with Crippen molar-refractivity contribution in [1.29, 1.82) is 0 Å². The Bertz CT molecular complexity index is 852. The van der Waals surface area contributed by atoms with Crippen molar-refractivity contribution in [2.24, 2.45) is 0 Å². The molecule has 0 bridgehead atoms. The fourth-order valence-electron chi connectivity index (χ4n) is 2.13. The Balaban J connectivity index is 1.99. The van der Waals surface area contributed by atoms with Crippen LogP contribution in [0.2, 0.25) is 0 Å². The zero-order valence-electron chi connectivity index (χ0n) is 11.4. The van der Waals surface area contributed by atoms with E-state index in [1.807, 2.05) is 0 Å². The lowest BCUT2D eigenvalue weighted by Crippen LogP contribution is -2.07. The van der Waals surface area contributed by atoms with Crippen LogP contribution in [0, 0.1) is 15.9 Å². The van der Waals surface area contributed by atoms with Gasteiger partial charge in [-0.1, -0.05) is 0 Å². The van der Waals surface area contributed by atoms with E-state index in [2.05, 4.69) is 9.97 Å². The molecule has 112 valence electrons. The molecule has 3 aromatic rings. The first-order valence-electron chi connectivity index (χ1n) is 6.35. The number of ether oxygens (including phenoxy) is 1. The van der Waals surface area contributed by atoms with Crippen LogP contribution >= 0.6 is 11.3 Å². The van der Waals surface area contributed by atoms with Crippen molar-refractivity contribution in [2.75, 3.05) is 0 Å². The molecule has 0 spiro atoms. The highest BCUT2D eigenvalue weighted by Gasteiger charge is 2.21. The van der Waals surface area contributed by atoms with Crippen molar-refractivity contribution >= 4 is 27.4 Å². The molecule has 1 aromatic carbocycles. The van der Waals surface area contributed by atoms with Crippen LogP contribution in [0.3, 0.4) is 0 Å². The molecule has 6 nitrogen and oxygen atoms in total. The molecule has 3 rings (SSSR count). The number of nitrogens with zero attached hydrogens (tertiary/aromatic N) is 3. The lowest BCUT2D eigenvalue weighted by atomic mass is 10.1. The lowest BCUT2D eigenvalue weighted by Gasteiger charge is -2.15. The summed E-state index contributed by atoms with van der Waals surface area (Å²) in [5, 5.41) is 11.0. The number of rotatable bonds is 4. The number of aromatic nitrogens is 2. The van der Waals surface area contributed by atoms with Crippen molar-refractivity contribution in [3.05, 3.63) is 57.5 Å². The minimum atomic E-state index is -0.619. The summed E-state index contributed by atoms with van der Waals surface area (Å²) >= 11 is 1.32. The molecule has 0 saturated heterocycles. The Kier molecular flexibility index (Phi) is 3.68. The van der Waals surface area contributed by atoms with Gasteiger partial charge in [0.1, 0.15) is 18.1 Å². The van der Waals surface area contributed by atoms with Crippen LogP contribution in [-0.4, -0.2) is 14.9 Å². The predicted octanol–water partition coefficient (Wildman–Crippen LogP) is 3.88. The molecule has 0 fully saturated rings. The number of hydrogen-bond donors (Lipinski definition) is 0. The van der Waals surface area contributed by atoms with Crippen LogP contribution in [-0.2, 0) is 0 Å². The van der Waals surface area contributed by atoms with Gasteiger partial charge in [-0.05, 0) is 41.1 Å². The first-order chi connectivity index (χ1) is 10.6. The highest BCUT2D eigenvalue weighted by molar-refractivity contribution is 7.16. The third kappa shape index (κ3) is 2.60. The fraction of sp³-hybridized carbons (Fsp3) is 0.143. The maximum atomic E-state index is 13.7. The number of hydrogen-bond acceptors (Lipinski definition) is 6. The van der Waals surface area contributed by atoms with Crippen molar-refractivity contribution in [3.8, 4) is 5.75 Å². The van der Waals surface area contributed by atoms with E-state index in [0.717, 1.165) is 0 Å². The van der Waals surface area contributed by atoms with Gasteiger partial charge in [-0.15, -0.1) is 11.3 Å². The van der Waals surface area contributed by atoms with Gasteiger partial charge < -0.3 is 14.9 Å². The third-order valence-electron chi connectivity index (χ3n) is 3.10. The van der Waals surface area contributed by atoms with Crippen molar-refractivity contribution < 1.29 is 14.1 Å². The molecule has 1 atom stereocenters. The molecule has 22 heavy (non-hydrogen) atoms. The molecule has 0 amide bonds. The highest BCUT2D eigenvalue weighted by atomic mass is 32.1. The summed E-state index contributed by atoms with van der Waals surface area (Å²) in [5.74, 6) is -0.740. The zero-order valence-corrected chi connectivity index (χ0v) is 12.2. The Labute approximate surface area is 128 Å². The summed E-state index contributed by atoms with van der Waals surface area (Å²) in [6, 6.07) is 5.73. The van der Waals surface area contributed by atoms with Crippen LogP contribution in [0.5, 0.6) is 5.75 Å². The Hall–Kier alpha value is -2.61. The van der Waals surface area contributed by atoms with Crippen LogP contribution in [0.4, 0.5) is 10.2 Å². The van der Waals surface area contributed by atoms with Crippen molar-refractivity contribution in [2.45, 2.75) is 13.0 Å². The van der Waals surface area contributed by atoms with Gasteiger partial charge in [0, 0.05) is 5.56 Å². The standard InChI is InChI=1S/C14H10FN3O3S/c1-8(21-11-3-2-4-16-14(11)18(19)20)10-5-9(15)6-12-13(10)17-7-22-12/h2-8H,1H3. The number of nitro groups is 1. The second-order valence-corrected chi connectivity index (χ2v) is 5.42. The predicted molar refractivity (Wildman–Crippen MR) is 79.5 cm³/mol. The summed E-state index contributed by atoms with van der Waals surface area (Å²) < 4.78 is 20.0. The summed E-state index contributed by atoms with van der Waals surface area (Å²) in [6.45, 7) is 1.68. The molecule has 0 N–H and O–H groups in total. The Morgan fingerprint density at radius 3 is 3.00 bits per heavy atom. The minimum absolute atomic E-state index is 0.0349. The van der Waals surface area contributed by atoms with Gasteiger partial charge in [0.25, 0.3) is 0 Å². The van der Waals surface area contributed by atoms with E-state index < -0.39 is 16.8 Å². The van der Waals surface area contributed by atoms with E-state index in [-0.39, 0.29) is 11.6 Å². The SMILES string of the molecule is CC(Oc1cccnc1[N+](=O)[O-])c1cc(F)cc2scnc12. The largest absolute Gasteiger partial charge is 0.478 e. The van der Waals surface area contributed by atoms with E-state index in [1.54, 1.807) is 18.5 Å². The van der Waals surface area contributed by atoms with Gasteiger partial charge >= 0.3 is 5.82 Å². The van der Waals surface area contributed by atoms with Crippen molar-refractivity contribution in [3.63, 3.8) is 0 Å². The number of pyridine rings is 1. The summed E-state index contributed by atoms with van der Waals surface area (Å²) in [5.41, 5.74) is 2.78. The summed E-state index contributed by atoms with van der Waals surface area (Å²) in [6.07, 6.45) is 0.708. The first kappa shape index (κ1) is 14.3. The molecule has 2 heterocycles. The monoisotopic (exact) mass is 319 g/mol. The van der Waals surface area contributed by atoms with E-state index in [4.69, 9.17) is 4.74 Å². The van der Waals surface area contributed by atoms with Crippen LogP contribution in [0.25, 0.3) is 10.2 Å². The van der Waals surface area contributed by atoms with E-state index in [9.17, 15) is 14.5 Å². The zero-order chi connectivity index (χ0) is 15.7. The van der Waals surface area contributed by atoms with Crippen LogP contribution in [0.15, 0.2) is 36.0 Å². The average molecular weight is 319 g/mol. The van der Waals surface area contributed by atoms with Crippen LogP contribution < -0.4 is 4.74 Å². The van der Waals surface area contributed by atoms with E-state index in [1.165, 1.54) is 35.7 Å². The minimum Gasteiger partial charge on any atom is -0.478 e. The molecule has 0 radical (unpaired) electrons. The number of fused-ring (bicyclic) bond motifs is 1. The number of thiazole rings is 1. The fourth-order valence-corrected chi connectivity index (χ4v) is 2.87. The average Bonchev–Trinajstić information content (AvgIpc) is 2.94. The Morgan fingerprint density at radius 2 is 2.23 bits per heavy atom. The number of halogens is 1. The van der Waals surface area contributed by atoms with Gasteiger partial charge in [-0.25, -0.2) is 9.37 Å². The van der Waals surface area contributed by atoms with Gasteiger partial charge in [-0.2, -0.15) is 0 Å². The van der Waals surface area contributed by atoms with Crippen LogP contribution in [0.1, 0.15) is 18.6 Å².